The van der Waals surface area contributed by atoms with Crippen molar-refractivity contribution in [2.24, 2.45) is 5.73 Å². The van der Waals surface area contributed by atoms with E-state index in [1.54, 1.807) is 0 Å². The maximum Gasteiger partial charge on any atom is 0.237 e. The Balaban J connectivity index is 2.53. The fourth-order valence-electron chi connectivity index (χ4n) is 1.41. The monoisotopic (exact) mass is 268 g/mol. The van der Waals surface area contributed by atoms with Crippen molar-refractivity contribution < 1.29 is 9.59 Å². The van der Waals surface area contributed by atoms with Gasteiger partial charge in [-0.3, -0.25) is 14.9 Å². The van der Waals surface area contributed by atoms with Gasteiger partial charge in [0.1, 0.15) is 12.1 Å². The molecule has 2 aromatic rings. The average molecular weight is 269 g/mol. The van der Waals surface area contributed by atoms with E-state index in [0.29, 0.717) is 11.2 Å². The number of rotatable bonds is 3. The molecule has 0 atom stereocenters. The van der Waals surface area contributed by atoms with E-state index in [1.165, 1.54) is 17.8 Å². The average Bonchev–Trinajstić information content (AvgIpc) is 2.60. The summed E-state index contributed by atoms with van der Waals surface area (Å²) in [7, 11) is 0. The first-order valence-corrected chi connectivity index (χ1v) is 5.29. The van der Waals surface area contributed by atoms with Gasteiger partial charge in [0, 0.05) is 6.92 Å². The molecule has 8 nitrogen and oxygen atoms in total. The summed E-state index contributed by atoms with van der Waals surface area (Å²) in [4.78, 5) is 33.7. The van der Waals surface area contributed by atoms with E-state index in [-0.39, 0.29) is 23.6 Å². The van der Waals surface area contributed by atoms with Gasteiger partial charge in [0.2, 0.25) is 17.8 Å². The van der Waals surface area contributed by atoms with Gasteiger partial charge in [-0.25, -0.2) is 4.98 Å². The van der Waals surface area contributed by atoms with Crippen LogP contribution in [0.2, 0.25) is 5.15 Å². The van der Waals surface area contributed by atoms with Crippen molar-refractivity contribution in [1.82, 2.24) is 19.5 Å². The zero-order valence-electron chi connectivity index (χ0n) is 9.35. The lowest BCUT2D eigenvalue weighted by atomic mass is 10.5. The molecule has 0 fully saturated rings. The van der Waals surface area contributed by atoms with E-state index in [4.69, 9.17) is 17.3 Å². The maximum absolute atomic E-state index is 10.9. The van der Waals surface area contributed by atoms with Gasteiger partial charge in [0.15, 0.2) is 10.8 Å². The summed E-state index contributed by atoms with van der Waals surface area (Å²) in [5.41, 5.74) is 5.77. The van der Waals surface area contributed by atoms with E-state index < -0.39 is 5.91 Å². The molecule has 0 bridgehead atoms. The van der Waals surface area contributed by atoms with Gasteiger partial charge in [-0.1, -0.05) is 11.6 Å². The molecule has 2 heterocycles. The van der Waals surface area contributed by atoms with Crippen LogP contribution in [0, 0.1) is 0 Å². The Kier molecular flexibility index (Phi) is 3.11. The van der Waals surface area contributed by atoms with Crippen LogP contribution in [-0.4, -0.2) is 31.3 Å². The highest BCUT2D eigenvalue weighted by molar-refractivity contribution is 6.33. The zero-order valence-corrected chi connectivity index (χ0v) is 10.1. The lowest BCUT2D eigenvalue weighted by Crippen LogP contribution is -2.18. The van der Waals surface area contributed by atoms with Crippen molar-refractivity contribution in [2.45, 2.75) is 13.5 Å². The molecule has 0 aromatic carbocycles. The van der Waals surface area contributed by atoms with Crippen molar-refractivity contribution in [3.63, 3.8) is 0 Å². The molecular formula is C9H9ClN6O2. The van der Waals surface area contributed by atoms with Crippen LogP contribution >= 0.6 is 11.6 Å². The summed E-state index contributed by atoms with van der Waals surface area (Å²) in [6, 6.07) is 0. The Morgan fingerprint density at radius 1 is 1.50 bits per heavy atom. The number of halogens is 1. The van der Waals surface area contributed by atoms with Crippen LogP contribution in [0.1, 0.15) is 6.92 Å². The van der Waals surface area contributed by atoms with Gasteiger partial charge >= 0.3 is 0 Å². The molecule has 3 N–H and O–H groups in total. The highest BCUT2D eigenvalue weighted by atomic mass is 35.5. The molecule has 0 aliphatic heterocycles. The summed E-state index contributed by atoms with van der Waals surface area (Å²) in [5, 5.41) is 2.49. The molecule has 18 heavy (non-hydrogen) atoms. The molecule has 2 aromatic heterocycles. The van der Waals surface area contributed by atoms with E-state index in [2.05, 4.69) is 20.3 Å². The molecular weight excluding hydrogens is 260 g/mol. The number of nitrogens with one attached hydrogen (secondary N) is 1. The Morgan fingerprint density at radius 3 is 2.83 bits per heavy atom. The number of primary amides is 1. The Bertz CT molecular complexity index is 637. The number of aromatic nitrogens is 4. The van der Waals surface area contributed by atoms with E-state index in [0.717, 1.165) is 0 Å². The third-order valence-corrected chi connectivity index (χ3v) is 2.30. The van der Waals surface area contributed by atoms with Gasteiger partial charge in [-0.15, -0.1) is 0 Å². The molecule has 2 amide bonds. The lowest BCUT2D eigenvalue weighted by molar-refractivity contribution is -0.118. The molecule has 0 spiro atoms. The zero-order chi connectivity index (χ0) is 13.3. The SMILES string of the molecule is CC(=O)Nc1nc(Cl)c2ncn(CC(N)=O)c2n1. The highest BCUT2D eigenvalue weighted by Crippen LogP contribution is 2.20. The minimum atomic E-state index is -0.537. The van der Waals surface area contributed by atoms with Crippen LogP contribution in [0.5, 0.6) is 0 Å². The fraction of sp³-hybridized carbons (Fsp3) is 0.222. The van der Waals surface area contributed by atoms with E-state index in [9.17, 15) is 9.59 Å². The molecule has 0 saturated heterocycles. The Morgan fingerprint density at radius 2 is 2.22 bits per heavy atom. The topological polar surface area (TPSA) is 116 Å². The highest BCUT2D eigenvalue weighted by Gasteiger charge is 2.13. The van der Waals surface area contributed by atoms with Crippen molar-refractivity contribution in [1.29, 1.82) is 0 Å². The summed E-state index contributed by atoms with van der Waals surface area (Å²) < 4.78 is 1.43. The van der Waals surface area contributed by atoms with Crippen LogP contribution in [-0.2, 0) is 16.1 Å². The summed E-state index contributed by atoms with van der Waals surface area (Å²) in [6.07, 6.45) is 1.38. The van der Waals surface area contributed by atoms with Gasteiger partial charge in [0.05, 0.1) is 6.33 Å². The Labute approximate surface area is 106 Å². The summed E-state index contributed by atoms with van der Waals surface area (Å²) >= 11 is 5.90. The molecule has 0 aliphatic rings. The molecule has 0 radical (unpaired) electrons. The summed E-state index contributed by atoms with van der Waals surface area (Å²) in [5.74, 6) is -0.817. The second-order valence-corrected chi connectivity index (χ2v) is 3.89. The number of fused-ring (bicyclic) bond motifs is 1. The first-order chi connectivity index (χ1) is 8.47. The molecule has 0 saturated carbocycles. The lowest BCUT2D eigenvalue weighted by Gasteiger charge is -2.03. The van der Waals surface area contributed by atoms with Gasteiger partial charge in [-0.2, -0.15) is 9.97 Å². The quantitative estimate of drug-likeness (QED) is 0.756. The first kappa shape index (κ1) is 12.2. The second-order valence-electron chi connectivity index (χ2n) is 3.53. The predicted octanol–water partition coefficient (Wildman–Crippen LogP) is -0.0766. The third-order valence-electron chi connectivity index (χ3n) is 2.04. The van der Waals surface area contributed by atoms with Crippen molar-refractivity contribution in [3.8, 4) is 0 Å². The first-order valence-electron chi connectivity index (χ1n) is 4.91. The number of carbonyl (C=O) groups is 2. The second kappa shape index (κ2) is 4.57. The fourth-order valence-corrected chi connectivity index (χ4v) is 1.62. The largest absolute Gasteiger partial charge is 0.368 e. The number of anilines is 1. The van der Waals surface area contributed by atoms with Crippen LogP contribution in [0.4, 0.5) is 5.95 Å². The number of hydrogen-bond acceptors (Lipinski definition) is 5. The van der Waals surface area contributed by atoms with Crippen LogP contribution in [0.15, 0.2) is 6.33 Å². The molecule has 94 valence electrons. The van der Waals surface area contributed by atoms with Crippen molar-refractivity contribution in [3.05, 3.63) is 11.5 Å². The molecule has 0 unspecified atom stereocenters. The van der Waals surface area contributed by atoms with Crippen LogP contribution in [0.25, 0.3) is 11.2 Å². The molecule has 0 aliphatic carbocycles. The third kappa shape index (κ3) is 2.38. The van der Waals surface area contributed by atoms with Gasteiger partial charge in [0.25, 0.3) is 0 Å². The maximum atomic E-state index is 10.9. The van der Waals surface area contributed by atoms with Crippen molar-refractivity contribution in [2.75, 3.05) is 5.32 Å². The number of carbonyl (C=O) groups excluding carboxylic acids is 2. The Hall–Kier alpha value is -2.22. The number of nitrogens with zero attached hydrogens (tertiary/aromatic N) is 4. The number of amides is 2. The van der Waals surface area contributed by atoms with E-state index >= 15 is 0 Å². The summed E-state index contributed by atoms with van der Waals surface area (Å²) in [6.45, 7) is 1.24. The number of imidazole rings is 1. The van der Waals surface area contributed by atoms with Crippen molar-refractivity contribution >= 4 is 40.5 Å². The minimum Gasteiger partial charge on any atom is -0.368 e. The number of hydrogen-bond donors (Lipinski definition) is 2. The predicted molar refractivity (Wildman–Crippen MR) is 63.8 cm³/mol. The standard InChI is InChI=1S/C9H9ClN6O2/c1-4(17)13-9-14-7(10)6-8(15-9)16(3-12-6)2-5(11)18/h3H,2H2,1H3,(H2,11,18)(H,13,14,15,17). The smallest absolute Gasteiger partial charge is 0.237 e. The molecule has 9 heteroatoms. The number of nitrogens with two attached hydrogens (primary N) is 1. The van der Waals surface area contributed by atoms with E-state index in [1.807, 2.05) is 0 Å². The minimum absolute atomic E-state index is 0.0474. The normalized spacial score (nSPS) is 10.6. The van der Waals surface area contributed by atoms with Gasteiger partial charge in [-0.05, 0) is 0 Å². The van der Waals surface area contributed by atoms with Crippen LogP contribution in [0.3, 0.4) is 0 Å². The molecule has 2 rings (SSSR count). The van der Waals surface area contributed by atoms with Gasteiger partial charge < -0.3 is 10.3 Å². The van der Waals surface area contributed by atoms with Crippen LogP contribution < -0.4 is 11.1 Å².